The first-order valence-corrected chi connectivity index (χ1v) is 10.3. The van der Waals surface area contributed by atoms with Crippen LogP contribution in [0.5, 0.6) is 0 Å². The number of benzene rings is 2. The van der Waals surface area contributed by atoms with Gasteiger partial charge in [0.15, 0.2) is 0 Å². The SMILES string of the molecule is Cc1c(CC(=O)NCCC(=O)[O-])c(=O)oc2cc3occ(-c4ccc(Br)cc4)c3cc12. The summed E-state index contributed by atoms with van der Waals surface area (Å²) in [4.78, 5) is 35.1. The molecule has 7 nitrogen and oxygen atoms in total. The van der Waals surface area contributed by atoms with Crippen molar-refractivity contribution in [3.05, 3.63) is 68.7 Å². The van der Waals surface area contributed by atoms with Crippen LogP contribution in [0.1, 0.15) is 17.5 Å². The number of carbonyl (C=O) groups excluding carboxylic acids is 2. The van der Waals surface area contributed by atoms with Gasteiger partial charge in [0.2, 0.25) is 5.91 Å². The number of carbonyl (C=O) groups is 2. The van der Waals surface area contributed by atoms with Gasteiger partial charge in [-0.3, -0.25) is 4.79 Å². The molecule has 0 bridgehead atoms. The van der Waals surface area contributed by atoms with E-state index in [9.17, 15) is 19.5 Å². The first-order valence-electron chi connectivity index (χ1n) is 9.53. The Morgan fingerprint density at radius 1 is 1.10 bits per heavy atom. The van der Waals surface area contributed by atoms with Gasteiger partial charge in [0.1, 0.15) is 11.2 Å². The van der Waals surface area contributed by atoms with Gasteiger partial charge in [-0.1, -0.05) is 28.1 Å². The van der Waals surface area contributed by atoms with Gasteiger partial charge in [-0.15, -0.1) is 0 Å². The standard InChI is InChI=1S/C23H18BrNO6/c1-12-15-8-17-18(13-2-4-14(24)5-3-13)11-30-19(17)10-20(15)31-23(29)16(12)9-21(26)25-7-6-22(27)28/h2-5,8,10-11H,6-7,9H2,1H3,(H,25,26)(H,27,28)/p-1. The zero-order valence-electron chi connectivity index (χ0n) is 16.5. The first-order chi connectivity index (χ1) is 14.8. The molecule has 2 heterocycles. The highest BCUT2D eigenvalue weighted by molar-refractivity contribution is 9.10. The zero-order valence-corrected chi connectivity index (χ0v) is 18.1. The van der Waals surface area contributed by atoms with Crippen molar-refractivity contribution in [2.75, 3.05) is 6.54 Å². The van der Waals surface area contributed by atoms with Crippen LogP contribution in [0.3, 0.4) is 0 Å². The topological polar surface area (TPSA) is 113 Å². The van der Waals surface area contributed by atoms with Crippen molar-refractivity contribution in [1.82, 2.24) is 5.32 Å². The lowest BCUT2D eigenvalue weighted by Gasteiger charge is -2.09. The predicted molar refractivity (Wildman–Crippen MR) is 116 cm³/mol. The molecule has 0 unspecified atom stereocenters. The summed E-state index contributed by atoms with van der Waals surface area (Å²) >= 11 is 3.43. The number of hydrogen-bond donors (Lipinski definition) is 1. The maximum atomic E-state index is 12.5. The molecule has 0 atom stereocenters. The van der Waals surface area contributed by atoms with Gasteiger partial charge in [0.05, 0.1) is 18.2 Å². The Morgan fingerprint density at radius 3 is 2.55 bits per heavy atom. The fraction of sp³-hybridized carbons (Fsp3) is 0.174. The quantitative estimate of drug-likeness (QED) is 0.422. The molecule has 158 valence electrons. The van der Waals surface area contributed by atoms with Crippen LogP contribution in [0.4, 0.5) is 0 Å². The predicted octanol–water partition coefficient (Wildman–Crippen LogP) is 3.08. The molecule has 0 spiro atoms. The molecular weight excluding hydrogens is 466 g/mol. The molecule has 0 saturated heterocycles. The van der Waals surface area contributed by atoms with Crippen molar-refractivity contribution in [3.8, 4) is 11.1 Å². The molecule has 4 rings (SSSR count). The summed E-state index contributed by atoms with van der Waals surface area (Å²) in [5.41, 5.74) is 3.07. The maximum absolute atomic E-state index is 12.5. The summed E-state index contributed by atoms with van der Waals surface area (Å²) in [5.74, 6) is -1.72. The normalized spacial score (nSPS) is 11.2. The molecule has 2 aromatic heterocycles. The summed E-state index contributed by atoms with van der Waals surface area (Å²) in [6, 6.07) is 11.4. The maximum Gasteiger partial charge on any atom is 0.340 e. The molecule has 1 amide bonds. The lowest BCUT2D eigenvalue weighted by molar-refractivity contribution is -0.305. The molecule has 0 fully saturated rings. The van der Waals surface area contributed by atoms with E-state index in [0.717, 1.165) is 21.0 Å². The number of furan rings is 1. The number of nitrogens with one attached hydrogen (secondary N) is 1. The van der Waals surface area contributed by atoms with Gasteiger partial charge in [0.25, 0.3) is 0 Å². The van der Waals surface area contributed by atoms with Crippen molar-refractivity contribution in [3.63, 3.8) is 0 Å². The summed E-state index contributed by atoms with van der Waals surface area (Å²) in [7, 11) is 0. The van der Waals surface area contributed by atoms with Gasteiger partial charge in [-0.25, -0.2) is 4.79 Å². The highest BCUT2D eigenvalue weighted by atomic mass is 79.9. The van der Waals surface area contributed by atoms with Gasteiger partial charge < -0.3 is 24.1 Å². The van der Waals surface area contributed by atoms with Crippen LogP contribution in [-0.4, -0.2) is 18.4 Å². The second-order valence-electron chi connectivity index (χ2n) is 7.14. The fourth-order valence-electron chi connectivity index (χ4n) is 3.49. The van der Waals surface area contributed by atoms with Crippen LogP contribution in [0, 0.1) is 6.92 Å². The Hall–Kier alpha value is -3.39. The van der Waals surface area contributed by atoms with Gasteiger partial charge in [-0.05, 0) is 36.2 Å². The number of rotatable bonds is 6. The van der Waals surface area contributed by atoms with Crippen LogP contribution in [0.2, 0.25) is 0 Å². The Balaban J connectivity index is 1.74. The number of amides is 1. The van der Waals surface area contributed by atoms with E-state index in [4.69, 9.17) is 8.83 Å². The van der Waals surface area contributed by atoms with E-state index < -0.39 is 17.5 Å². The summed E-state index contributed by atoms with van der Waals surface area (Å²) in [6.07, 6.45) is 1.15. The molecule has 0 aliphatic rings. The smallest absolute Gasteiger partial charge is 0.340 e. The van der Waals surface area contributed by atoms with Crippen molar-refractivity contribution < 1.29 is 23.5 Å². The third-order valence-electron chi connectivity index (χ3n) is 5.13. The number of carboxylic acids is 1. The molecule has 0 saturated carbocycles. The number of aryl methyl sites for hydroxylation is 1. The van der Waals surface area contributed by atoms with E-state index in [1.165, 1.54) is 0 Å². The fourth-order valence-corrected chi connectivity index (χ4v) is 3.76. The Morgan fingerprint density at radius 2 is 1.84 bits per heavy atom. The van der Waals surface area contributed by atoms with E-state index in [1.807, 2.05) is 30.3 Å². The average Bonchev–Trinajstić information content (AvgIpc) is 3.13. The average molecular weight is 483 g/mol. The summed E-state index contributed by atoms with van der Waals surface area (Å²) in [5, 5.41) is 14.5. The number of aliphatic carboxylic acids is 1. The first kappa shape index (κ1) is 20.9. The number of carboxylic acid groups (broad SMARTS) is 1. The second-order valence-corrected chi connectivity index (χ2v) is 8.06. The second kappa shape index (κ2) is 8.39. The molecular formula is C23H17BrNO6-. The van der Waals surface area contributed by atoms with Crippen molar-refractivity contribution in [2.24, 2.45) is 0 Å². The van der Waals surface area contributed by atoms with Gasteiger partial charge >= 0.3 is 5.63 Å². The van der Waals surface area contributed by atoms with Gasteiger partial charge in [-0.2, -0.15) is 0 Å². The Labute approximate surface area is 184 Å². The van der Waals surface area contributed by atoms with Crippen molar-refractivity contribution in [2.45, 2.75) is 19.8 Å². The third kappa shape index (κ3) is 4.25. The largest absolute Gasteiger partial charge is 0.550 e. The monoisotopic (exact) mass is 482 g/mol. The van der Waals surface area contributed by atoms with Crippen LogP contribution < -0.4 is 16.0 Å². The van der Waals surface area contributed by atoms with E-state index >= 15 is 0 Å². The molecule has 0 radical (unpaired) electrons. The van der Waals surface area contributed by atoms with Crippen LogP contribution in [0.15, 0.2) is 60.8 Å². The zero-order chi connectivity index (χ0) is 22.1. The number of halogens is 1. The summed E-state index contributed by atoms with van der Waals surface area (Å²) < 4.78 is 12.1. The van der Waals surface area contributed by atoms with Crippen LogP contribution in [0.25, 0.3) is 33.1 Å². The Bertz CT molecular complexity index is 1370. The van der Waals surface area contributed by atoms with Crippen LogP contribution in [-0.2, 0) is 16.0 Å². The van der Waals surface area contributed by atoms with Crippen molar-refractivity contribution in [1.29, 1.82) is 0 Å². The number of hydrogen-bond acceptors (Lipinski definition) is 6. The molecule has 31 heavy (non-hydrogen) atoms. The van der Waals surface area contributed by atoms with Gasteiger partial charge in [0, 0.05) is 45.8 Å². The molecule has 1 N–H and O–H groups in total. The van der Waals surface area contributed by atoms with Crippen molar-refractivity contribution >= 4 is 49.7 Å². The molecule has 2 aromatic carbocycles. The van der Waals surface area contributed by atoms with Crippen LogP contribution >= 0.6 is 15.9 Å². The Kier molecular flexibility index (Phi) is 5.65. The summed E-state index contributed by atoms with van der Waals surface area (Å²) in [6.45, 7) is 1.69. The van der Waals surface area contributed by atoms with E-state index in [0.29, 0.717) is 22.1 Å². The van der Waals surface area contributed by atoms with E-state index in [2.05, 4.69) is 21.2 Å². The minimum absolute atomic E-state index is 0.0642. The van der Waals surface area contributed by atoms with E-state index in [-0.39, 0.29) is 24.9 Å². The molecule has 8 heteroatoms. The lowest BCUT2D eigenvalue weighted by Crippen LogP contribution is -2.32. The highest BCUT2D eigenvalue weighted by Gasteiger charge is 2.17. The lowest BCUT2D eigenvalue weighted by atomic mass is 9.99. The molecule has 4 aromatic rings. The molecule has 0 aliphatic heterocycles. The highest BCUT2D eigenvalue weighted by Crippen LogP contribution is 2.35. The minimum atomic E-state index is -1.26. The van der Waals surface area contributed by atoms with E-state index in [1.54, 1.807) is 19.3 Å². The molecule has 0 aliphatic carbocycles. The third-order valence-corrected chi connectivity index (χ3v) is 5.65. The minimum Gasteiger partial charge on any atom is -0.550 e. The number of fused-ring (bicyclic) bond motifs is 2.